The lowest BCUT2D eigenvalue weighted by atomic mass is 9.99. The molecule has 0 aromatic heterocycles. The lowest BCUT2D eigenvalue weighted by Gasteiger charge is -2.20. The Hall–Kier alpha value is -0.300. The zero-order valence-corrected chi connectivity index (χ0v) is 10.8. The summed E-state index contributed by atoms with van der Waals surface area (Å²) in [6.45, 7) is 7.29. The fraction of sp³-hybridized carbons (Fsp3) is 0.867. The summed E-state index contributed by atoms with van der Waals surface area (Å²) in [5.41, 5.74) is 0. The molecule has 0 aromatic carbocycles. The van der Waals surface area contributed by atoms with Gasteiger partial charge in [-0.1, -0.05) is 19.4 Å². The van der Waals surface area contributed by atoms with Crippen molar-refractivity contribution in [1.82, 2.24) is 5.32 Å². The van der Waals surface area contributed by atoms with Gasteiger partial charge in [-0.25, -0.2) is 0 Å². The van der Waals surface area contributed by atoms with Crippen molar-refractivity contribution in [2.45, 2.75) is 57.9 Å². The van der Waals surface area contributed by atoms with E-state index in [0.29, 0.717) is 0 Å². The fourth-order valence-corrected chi connectivity index (χ4v) is 3.72. The molecule has 0 saturated heterocycles. The molecule has 1 heteroatoms. The van der Waals surface area contributed by atoms with Gasteiger partial charge < -0.3 is 5.32 Å². The van der Waals surface area contributed by atoms with Crippen LogP contribution in [0.5, 0.6) is 0 Å². The molecule has 0 aromatic rings. The molecule has 0 aliphatic heterocycles. The molecule has 0 radical (unpaired) electrons. The minimum absolute atomic E-state index is 0.815. The van der Waals surface area contributed by atoms with Gasteiger partial charge in [0, 0.05) is 6.04 Å². The number of hydrogen-bond acceptors (Lipinski definition) is 1. The van der Waals surface area contributed by atoms with E-state index in [1.807, 2.05) is 0 Å². The maximum Gasteiger partial charge on any atom is 0.0101 e. The van der Waals surface area contributed by atoms with Gasteiger partial charge in [0.05, 0.1) is 0 Å². The van der Waals surface area contributed by atoms with Crippen LogP contribution in [-0.4, -0.2) is 12.6 Å². The van der Waals surface area contributed by atoms with Crippen LogP contribution in [0.4, 0.5) is 0 Å². The second-order valence-corrected chi connectivity index (χ2v) is 5.62. The smallest absolute Gasteiger partial charge is 0.0101 e. The summed E-state index contributed by atoms with van der Waals surface area (Å²) in [6, 6.07) is 0.815. The molecule has 0 bridgehead atoms. The summed E-state index contributed by atoms with van der Waals surface area (Å²) in [6.07, 6.45) is 11.7. The van der Waals surface area contributed by atoms with Gasteiger partial charge >= 0.3 is 0 Å². The van der Waals surface area contributed by atoms with Crippen molar-refractivity contribution in [3.05, 3.63) is 12.7 Å². The maximum atomic E-state index is 3.82. The topological polar surface area (TPSA) is 12.0 Å². The van der Waals surface area contributed by atoms with Crippen LogP contribution >= 0.6 is 0 Å². The van der Waals surface area contributed by atoms with Crippen LogP contribution in [0.2, 0.25) is 0 Å². The monoisotopic (exact) mass is 221 g/mol. The van der Waals surface area contributed by atoms with Crippen LogP contribution in [0.1, 0.15) is 51.9 Å². The Morgan fingerprint density at radius 2 is 2.12 bits per heavy atom. The van der Waals surface area contributed by atoms with E-state index < -0.39 is 0 Å². The van der Waals surface area contributed by atoms with Gasteiger partial charge in [-0.2, -0.15) is 0 Å². The van der Waals surface area contributed by atoms with Crippen LogP contribution in [0.3, 0.4) is 0 Å². The molecule has 3 unspecified atom stereocenters. The van der Waals surface area contributed by atoms with Crippen LogP contribution < -0.4 is 5.32 Å². The normalized spacial score (nSPS) is 33.4. The highest BCUT2D eigenvalue weighted by atomic mass is 14.9. The summed E-state index contributed by atoms with van der Waals surface area (Å²) in [5.74, 6) is 3.22. The van der Waals surface area contributed by atoms with Crippen LogP contribution in [0.25, 0.3) is 0 Å². The van der Waals surface area contributed by atoms with Crippen LogP contribution in [-0.2, 0) is 0 Å². The number of unbranched alkanes of at least 4 members (excludes halogenated alkanes) is 1. The molecule has 2 rings (SSSR count). The van der Waals surface area contributed by atoms with Crippen molar-refractivity contribution < 1.29 is 0 Å². The number of nitrogens with one attached hydrogen (secondary N) is 1. The summed E-state index contributed by atoms with van der Waals surface area (Å²) in [4.78, 5) is 0. The third-order valence-electron chi connectivity index (χ3n) is 4.52. The molecule has 92 valence electrons. The van der Waals surface area contributed by atoms with E-state index in [9.17, 15) is 0 Å². The van der Waals surface area contributed by atoms with Gasteiger partial charge in [0.2, 0.25) is 0 Å². The van der Waals surface area contributed by atoms with Gasteiger partial charge in [-0.3, -0.25) is 0 Å². The fourth-order valence-electron chi connectivity index (χ4n) is 3.72. The van der Waals surface area contributed by atoms with E-state index in [-0.39, 0.29) is 0 Å². The van der Waals surface area contributed by atoms with Crippen molar-refractivity contribution in [3.8, 4) is 0 Å². The van der Waals surface area contributed by atoms with Crippen molar-refractivity contribution in [2.75, 3.05) is 6.54 Å². The first kappa shape index (κ1) is 12.2. The third-order valence-corrected chi connectivity index (χ3v) is 4.52. The average Bonchev–Trinajstić information content (AvgIpc) is 2.77. The first-order valence-corrected chi connectivity index (χ1v) is 7.22. The van der Waals surface area contributed by atoms with Crippen molar-refractivity contribution >= 4 is 0 Å². The van der Waals surface area contributed by atoms with Crippen molar-refractivity contribution in [1.29, 1.82) is 0 Å². The Morgan fingerprint density at radius 1 is 1.38 bits per heavy atom. The first-order valence-electron chi connectivity index (χ1n) is 7.22. The molecule has 2 fully saturated rings. The SMILES string of the molecule is C=CCCCC(NCCC)C1C2CCCC21. The second-order valence-electron chi connectivity index (χ2n) is 5.62. The molecule has 2 aliphatic carbocycles. The standard InChI is InChI=1S/C15H27N/c1-3-5-6-10-14(16-11-4-2)15-12-8-7-9-13(12)15/h3,12-16H,1,4-11H2,2H3. The first-order chi connectivity index (χ1) is 7.88. The summed E-state index contributed by atoms with van der Waals surface area (Å²) in [7, 11) is 0. The van der Waals surface area contributed by atoms with E-state index in [4.69, 9.17) is 0 Å². The van der Waals surface area contributed by atoms with Crippen LogP contribution in [0.15, 0.2) is 12.7 Å². The lowest BCUT2D eigenvalue weighted by Crippen LogP contribution is -2.33. The molecule has 2 saturated carbocycles. The molecule has 1 nitrogen and oxygen atoms in total. The minimum Gasteiger partial charge on any atom is -0.314 e. The van der Waals surface area contributed by atoms with Gasteiger partial charge in [-0.15, -0.1) is 6.58 Å². The molecule has 0 amide bonds. The highest BCUT2D eigenvalue weighted by molar-refractivity contribution is 5.06. The number of fused-ring (bicyclic) bond motifs is 1. The van der Waals surface area contributed by atoms with E-state index >= 15 is 0 Å². The minimum atomic E-state index is 0.815. The van der Waals surface area contributed by atoms with Gasteiger partial charge in [0.1, 0.15) is 0 Å². The molecule has 16 heavy (non-hydrogen) atoms. The van der Waals surface area contributed by atoms with Crippen molar-refractivity contribution in [3.63, 3.8) is 0 Å². The maximum absolute atomic E-state index is 3.82. The van der Waals surface area contributed by atoms with Crippen LogP contribution in [0, 0.1) is 17.8 Å². The van der Waals surface area contributed by atoms with Gasteiger partial charge in [0.25, 0.3) is 0 Å². The predicted octanol–water partition coefficient (Wildman–Crippen LogP) is 3.76. The van der Waals surface area contributed by atoms with E-state index in [2.05, 4.69) is 24.9 Å². The summed E-state index contributed by atoms with van der Waals surface area (Å²) >= 11 is 0. The quantitative estimate of drug-likeness (QED) is 0.486. The Morgan fingerprint density at radius 3 is 2.75 bits per heavy atom. The van der Waals surface area contributed by atoms with Gasteiger partial charge in [0.15, 0.2) is 0 Å². The van der Waals surface area contributed by atoms with E-state index in [1.165, 1.54) is 51.5 Å². The van der Waals surface area contributed by atoms with Crippen molar-refractivity contribution in [2.24, 2.45) is 17.8 Å². The van der Waals surface area contributed by atoms with Gasteiger partial charge in [-0.05, 0) is 62.8 Å². The lowest BCUT2D eigenvalue weighted by molar-refractivity contribution is 0.379. The molecular formula is C15H27N. The second kappa shape index (κ2) is 5.86. The van der Waals surface area contributed by atoms with E-state index in [0.717, 1.165) is 23.8 Å². The Kier molecular flexibility index (Phi) is 4.45. The summed E-state index contributed by atoms with van der Waals surface area (Å²) in [5, 5.41) is 3.78. The molecule has 1 N–H and O–H groups in total. The zero-order valence-electron chi connectivity index (χ0n) is 10.8. The number of rotatable bonds is 8. The molecular weight excluding hydrogens is 194 g/mol. The molecule has 2 aliphatic rings. The largest absolute Gasteiger partial charge is 0.314 e. The summed E-state index contributed by atoms with van der Waals surface area (Å²) < 4.78 is 0. The predicted molar refractivity (Wildman–Crippen MR) is 70.5 cm³/mol. The highest BCUT2D eigenvalue weighted by Crippen LogP contribution is 2.59. The molecule has 3 atom stereocenters. The van der Waals surface area contributed by atoms with E-state index in [1.54, 1.807) is 0 Å². The highest BCUT2D eigenvalue weighted by Gasteiger charge is 2.55. The number of allylic oxidation sites excluding steroid dienone is 1. The molecule has 0 heterocycles. The number of hydrogen-bond donors (Lipinski definition) is 1. The third kappa shape index (κ3) is 2.68. The zero-order chi connectivity index (χ0) is 11.4. The Balaban J connectivity index is 1.76. The Labute approximate surface area is 101 Å². The Bertz CT molecular complexity index is 213. The average molecular weight is 221 g/mol. The molecule has 0 spiro atoms.